The van der Waals surface area contributed by atoms with Gasteiger partial charge in [0.2, 0.25) is 0 Å². The fourth-order valence-corrected chi connectivity index (χ4v) is 1.39. The molecule has 0 bridgehead atoms. The van der Waals surface area contributed by atoms with Crippen LogP contribution in [0.4, 0.5) is 0 Å². The molecule has 0 aromatic carbocycles. The van der Waals surface area contributed by atoms with Crippen LogP contribution < -0.4 is 5.73 Å². The van der Waals surface area contributed by atoms with Crippen LogP contribution in [-0.4, -0.2) is 19.1 Å². The summed E-state index contributed by atoms with van der Waals surface area (Å²) in [5, 5.41) is 0. The second kappa shape index (κ2) is 6.89. The van der Waals surface area contributed by atoms with E-state index < -0.39 is 0 Å². The summed E-state index contributed by atoms with van der Waals surface area (Å²) in [6.45, 7) is 7.11. The summed E-state index contributed by atoms with van der Waals surface area (Å²) in [6, 6.07) is 0. The lowest BCUT2D eigenvalue weighted by Gasteiger charge is -2.15. The van der Waals surface area contributed by atoms with Crippen LogP contribution in [0.2, 0.25) is 0 Å². The topological polar surface area (TPSA) is 52.3 Å². The molecule has 0 radical (unpaired) electrons. The number of hydrogen-bond acceptors (Lipinski definition) is 3. The molecule has 1 atom stereocenters. The summed E-state index contributed by atoms with van der Waals surface area (Å²) in [7, 11) is 0. The van der Waals surface area contributed by atoms with Gasteiger partial charge in [-0.15, -0.1) is 0 Å². The Morgan fingerprint density at radius 3 is 2.46 bits per heavy atom. The van der Waals surface area contributed by atoms with E-state index in [4.69, 9.17) is 10.5 Å². The molecule has 78 valence electrons. The maximum atomic E-state index is 11.1. The quantitative estimate of drug-likeness (QED) is 0.642. The Bertz CT molecular complexity index is 146. The average molecular weight is 187 g/mol. The predicted molar refractivity (Wildman–Crippen MR) is 53.2 cm³/mol. The molecule has 0 aromatic rings. The van der Waals surface area contributed by atoms with Gasteiger partial charge in [0, 0.05) is 6.42 Å². The van der Waals surface area contributed by atoms with Crippen molar-refractivity contribution < 1.29 is 9.53 Å². The van der Waals surface area contributed by atoms with Crippen molar-refractivity contribution in [3.05, 3.63) is 0 Å². The smallest absolute Gasteiger partial charge is 0.306 e. The lowest BCUT2D eigenvalue weighted by Crippen LogP contribution is -2.21. The van der Waals surface area contributed by atoms with Crippen molar-refractivity contribution in [2.75, 3.05) is 13.2 Å². The number of carbonyl (C=O) groups is 1. The standard InChI is InChI=1S/C10H21NO2/c1-4-13-10(12)6-9(7-11)5-8(2)3/h8-9H,4-7,11H2,1-3H3/t9-/m1/s1. The van der Waals surface area contributed by atoms with Gasteiger partial charge in [0.1, 0.15) is 0 Å². The number of rotatable bonds is 6. The van der Waals surface area contributed by atoms with Gasteiger partial charge in [-0.25, -0.2) is 0 Å². The fourth-order valence-electron chi connectivity index (χ4n) is 1.39. The maximum Gasteiger partial charge on any atom is 0.306 e. The van der Waals surface area contributed by atoms with Gasteiger partial charge in [0.15, 0.2) is 0 Å². The van der Waals surface area contributed by atoms with Gasteiger partial charge in [-0.1, -0.05) is 13.8 Å². The third-order valence-electron chi connectivity index (χ3n) is 1.90. The molecule has 0 saturated heterocycles. The monoisotopic (exact) mass is 187 g/mol. The van der Waals surface area contributed by atoms with Crippen molar-refractivity contribution in [2.45, 2.75) is 33.6 Å². The first-order chi connectivity index (χ1) is 6.10. The number of ether oxygens (including phenoxy) is 1. The summed E-state index contributed by atoms with van der Waals surface area (Å²) >= 11 is 0. The maximum absolute atomic E-state index is 11.1. The van der Waals surface area contributed by atoms with E-state index in [1.165, 1.54) is 0 Å². The SMILES string of the molecule is CCOC(=O)C[C@H](CN)CC(C)C. The Morgan fingerprint density at radius 1 is 1.46 bits per heavy atom. The Hall–Kier alpha value is -0.570. The summed E-state index contributed by atoms with van der Waals surface area (Å²) in [5.74, 6) is 0.737. The molecule has 0 spiro atoms. The van der Waals surface area contributed by atoms with Crippen molar-refractivity contribution in [1.82, 2.24) is 0 Å². The second-order valence-electron chi connectivity index (χ2n) is 3.74. The van der Waals surface area contributed by atoms with Crippen LogP contribution >= 0.6 is 0 Å². The van der Waals surface area contributed by atoms with Crippen molar-refractivity contribution in [2.24, 2.45) is 17.6 Å². The Balaban J connectivity index is 3.76. The van der Waals surface area contributed by atoms with Crippen LogP contribution in [0.5, 0.6) is 0 Å². The van der Waals surface area contributed by atoms with Crippen LogP contribution in [0.3, 0.4) is 0 Å². The van der Waals surface area contributed by atoms with Gasteiger partial charge in [0.05, 0.1) is 6.61 Å². The van der Waals surface area contributed by atoms with Gasteiger partial charge in [-0.05, 0) is 31.7 Å². The summed E-state index contributed by atoms with van der Waals surface area (Å²) in [4.78, 5) is 11.1. The first kappa shape index (κ1) is 12.4. The first-order valence-corrected chi connectivity index (χ1v) is 4.95. The molecule has 3 nitrogen and oxygen atoms in total. The van der Waals surface area contributed by atoms with Gasteiger partial charge >= 0.3 is 5.97 Å². The third kappa shape index (κ3) is 6.58. The fraction of sp³-hybridized carbons (Fsp3) is 0.900. The average Bonchev–Trinajstić information content (AvgIpc) is 2.02. The third-order valence-corrected chi connectivity index (χ3v) is 1.90. The normalized spacial score (nSPS) is 13.0. The molecule has 0 fully saturated rings. The van der Waals surface area contributed by atoms with Crippen LogP contribution in [0.25, 0.3) is 0 Å². The van der Waals surface area contributed by atoms with Gasteiger partial charge in [0.25, 0.3) is 0 Å². The van der Waals surface area contributed by atoms with Crippen LogP contribution in [0.15, 0.2) is 0 Å². The highest BCUT2D eigenvalue weighted by molar-refractivity contribution is 5.69. The first-order valence-electron chi connectivity index (χ1n) is 4.95. The molecule has 0 aromatic heterocycles. The summed E-state index contributed by atoms with van der Waals surface area (Å²) < 4.78 is 4.86. The highest BCUT2D eigenvalue weighted by atomic mass is 16.5. The van der Waals surface area contributed by atoms with Crippen LogP contribution in [-0.2, 0) is 9.53 Å². The van der Waals surface area contributed by atoms with Crippen molar-refractivity contribution in [3.63, 3.8) is 0 Å². The Morgan fingerprint density at radius 2 is 2.08 bits per heavy atom. The second-order valence-corrected chi connectivity index (χ2v) is 3.74. The van der Waals surface area contributed by atoms with E-state index in [-0.39, 0.29) is 11.9 Å². The molecule has 0 rings (SSSR count). The Labute approximate surface area is 80.6 Å². The molecule has 0 unspecified atom stereocenters. The molecular formula is C10H21NO2. The van der Waals surface area contributed by atoms with E-state index in [0.29, 0.717) is 25.5 Å². The van der Waals surface area contributed by atoms with E-state index >= 15 is 0 Å². The molecule has 0 aliphatic rings. The summed E-state index contributed by atoms with van der Waals surface area (Å²) in [6.07, 6.45) is 1.46. The number of nitrogens with two attached hydrogens (primary N) is 1. The molecule has 0 amide bonds. The molecule has 0 saturated carbocycles. The zero-order valence-corrected chi connectivity index (χ0v) is 8.88. The zero-order chi connectivity index (χ0) is 10.3. The highest BCUT2D eigenvalue weighted by Gasteiger charge is 2.14. The van der Waals surface area contributed by atoms with Crippen molar-refractivity contribution in [3.8, 4) is 0 Å². The molecule has 0 aliphatic carbocycles. The van der Waals surface area contributed by atoms with Crippen molar-refractivity contribution in [1.29, 1.82) is 0 Å². The summed E-state index contributed by atoms with van der Waals surface area (Å²) in [5.41, 5.74) is 5.56. The van der Waals surface area contributed by atoms with E-state index in [0.717, 1.165) is 6.42 Å². The highest BCUT2D eigenvalue weighted by Crippen LogP contribution is 2.14. The number of hydrogen-bond donors (Lipinski definition) is 1. The van der Waals surface area contributed by atoms with Gasteiger partial charge in [-0.2, -0.15) is 0 Å². The molecule has 3 heteroatoms. The minimum atomic E-state index is -0.126. The lowest BCUT2D eigenvalue weighted by molar-refractivity contribution is -0.144. The molecule has 2 N–H and O–H groups in total. The minimum absolute atomic E-state index is 0.126. The largest absolute Gasteiger partial charge is 0.466 e. The van der Waals surface area contributed by atoms with Crippen molar-refractivity contribution >= 4 is 5.97 Å². The van der Waals surface area contributed by atoms with E-state index in [9.17, 15) is 4.79 Å². The Kier molecular flexibility index (Phi) is 6.59. The molecule has 0 heterocycles. The molecule has 0 aliphatic heterocycles. The lowest BCUT2D eigenvalue weighted by atomic mass is 9.94. The number of carbonyl (C=O) groups excluding carboxylic acids is 1. The zero-order valence-electron chi connectivity index (χ0n) is 8.88. The molecular weight excluding hydrogens is 166 g/mol. The van der Waals surface area contributed by atoms with E-state index in [2.05, 4.69) is 13.8 Å². The van der Waals surface area contributed by atoms with Crippen LogP contribution in [0.1, 0.15) is 33.6 Å². The van der Waals surface area contributed by atoms with E-state index in [1.807, 2.05) is 6.92 Å². The number of esters is 1. The predicted octanol–water partition coefficient (Wildman–Crippen LogP) is 1.56. The van der Waals surface area contributed by atoms with Gasteiger partial charge < -0.3 is 10.5 Å². The molecule has 13 heavy (non-hydrogen) atoms. The van der Waals surface area contributed by atoms with Crippen LogP contribution in [0, 0.1) is 11.8 Å². The van der Waals surface area contributed by atoms with Gasteiger partial charge in [-0.3, -0.25) is 4.79 Å². The van der Waals surface area contributed by atoms with E-state index in [1.54, 1.807) is 0 Å². The minimum Gasteiger partial charge on any atom is -0.466 e.